The fourth-order valence-corrected chi connectivity index (χ4v) is 9.21. The molecule has 6 unspecified atom stereocenters. The first kappa shape index (κ1) is 23.2. The molecule has 184 valence electrons. The summed E-state index contributed by atoms with van der Waals surface area (Å²) in [6.45, 7) is 8.95. The maximum atomic E-state index is 12.3. The molecule has 1 aliphatic heterocycles. The van der Waals surface area contributed by atoms with Gasteiger partial charge in [-0.2, -0.15) is 0 Å². The summed E-state index contributed by atoms with van der Waals surface area (Å²) in [5.41, 5.74) is 0.719. The maximum absolute atomic E-state index is 12.3. The molecular weight excluding hydrogens is 464 g/mol. The largest absolute Gasteiger partial charge is 0.481 e. The van der Waals surface area contributed by atoms with Crippen LogP contribution in [-0.2, 0) is 4.79 Å². The van der Waals surface area contributed by atoms with E-state index in [0.717, 1.165) is 54.7 Å². The number of aliphatic carboxylic acids is 1. The Hall–Kier alpha value is -1.17. The van der Waals surface area contributed by atoms with Gasteiger partial charge in [-0.3, -0.25) is 9.69 Å². The molecule has 0 aromatic heterocycles. The Balaban J connectivity index is 1.14. The summed E-state index contributed by atoms with van der Waals surface area (Å²) in [7, 11) is 0. The summed E-state index contributed by atoms with van der Waals surface area (Å²) in [5, 5.41) is 14.8. The van der Waals surface area contributed by atoms with E-state index in [4.69, 9.17) is 23.8 Å². The van der Waals surface area contributed by atoms with Crippen molar-refractivity contribution in [1.82, 2.24) is 10.2 Å². The van der Waals surface area contributed by atoms with Gasteiger partial charge >= 0.3 is 5.97 Å². The molecule has 6 fully saturated rings. The fourth-order valence-electron chi connectivity index (χ4n) is 8.81. The van der Waals surface area contributed by atoms with Crippen LogP contribution in [0.5, 0.6) is 0 Å². The van der Waals surface area contributed by atoms with Crippen LogP contribution in [0.15, 0.2) is 24.3 Å². The number of nitrogens with zero attached hydrogens (tertiary/aromatic N) is 1. The van der Waals surface area contributed by atoms with Crippen molar-refractivity contribution in [3.63, 3.8) is 0 Å². The highest BCUT2D eigenvalue weighted by Gasteiger charge is 2.63. The molecule has 1 heterocycles. The normalized spacial score (nSPS) is 42.8. The quantitative estimate of drug-likeness (QED) is 0.515. The van der Waals surface area contributed by atoms with E-state index in [-0.39, 0.29) is 11.5 Å². The molecule has 0 spiro atoms. The van der Waals surface area contributed by atoms with Crippen LogP contribution in [0.4, 0.5) is 0 Å². The molecule has 4 nitrogen and oxygen atoms in total. The molecule has 4 bridgehead atoms. The first-order valence-corrected chi connectivity index (χ1v) is 13.9. The van der Waals surface area contributed by atoms with E-state index in [1.54, 1.807) is 0 Å². The van der Waals surface area contributed by atoms with Crippen LogP contribution in [0.3, 0.4) is 0 Å². The van der Waals surface area contributed by atoms with Crippen LogP contribution >= 0.6 is 23.8 Å². The summed E-state index contributed by atoms with van der Waals surface area (Å²) in [5.74, 6) is 3.14. The highest BCUT2D eigenvalue weighted by atomic mass is 35.5. The number of carboxylic acids is 1. The summed E-state index contributed by atoms with van der Waals surface area (Å²) in [6, 6.07) is 8.74. The zero-order valence-corrected chi connectivity index (χ0v) is 22.0. The molecule has 6 aliphatic rings. The molecule has 1 aromatic carbocycles. The zero-order chi connectivity index (χ0) is 24.0. The van der Waals surface area contributed by atoms with Gasteiger partial charge in [-0.1, -0.05) is 42.9 Å². The third kappa shape index (κ3) is 3.33. The summed E-state index contributed by atoms with van der Waals surface area (Å²) >= 11 is 12.2. The van der Waals surface area contributed by atoms with Crippen LogP contribution in [0.1, 0.15) is 64.4 Å². The van der Waals surface area contributed by atoms with Crippen molar-refractivity contribution in [3.8, 4) is 0 Å². The number of nitrogens with one attached hydrogen (secondary N) is 1. The molecule has 7 rings (SSSR count). The van der Waals surface area contributed by atoms with Gasteiger partial charge in [-0.25, -0.2) is 0 Å². The molecular formula is C28H37ClN2O2S. The van der Waals surface area contributed by atoms with Crippen LogP contribution in [-0.4, -0.2) is 45.6 Å². The van der Waals surface area contributed by atoms with Crippen molar-refractivity contribution in [2.75, 3.05) is 13.1 Å². The summed E-state index contributed by atoms with van der Waals surface area (Å²) < 4.78 is 0. The van der Waals surface area contributed by atoms with Crippen LogP contribution in [0.2, 0.25) is 5.02 Å². The number of halogens is 1. The second kappa shape index (κ2) is 7.91. The van der Waals surface area contributed by atoms with Gasteiger partial charge in [0.2, 0.25) is 0 Å². The lowest BCUT2D eigenvalue weighted by atomic mass is 9.44. The van der Waals surface area contributed by atoms with Crippen molar-refractivity contribution in [2.45, 2.75) is 70.4 Å². The van der Waals surface area contributed by atoms with E-state index in [0.29, 0.717) is 35.6 Å². The summed E-state index contributed by atoms with van der Waals surface area (Å²) in [6.07, 6.45) is 5.26. The number of rotatable bonds is 5. The molecule has 1 saturated heterocycles. The molecule has 0 radical (unpaired) electrons. The first-order valence-electron chi connectivity index (χ1n) is 13.1. The highest BCUT2D eigenvalue weighted by Crippen LogP contribution is 2.63. The topological polar surface area (TPSA) is 52.6 Å². The fraction of sp³-hybridized carbons (Fsp3) is 0.714. The lowest BCUT2D eigenvalue weighted by molar-refractivity contribution is -0.179. The van der Waals surface area contributed by atoms with Gasteiger partial charge in [-0.15, -0.1) is 0 Å². The first-order chi connectivity index (χ1) is 16.1. The second-order valence-electron chi connectivity index (χ2n) is 12.7. The molecule has 5 aliphatic carbocycles. The predicted octanol–water partition coefficient (Wildman–Crippen LogP) is 5.60. The standard InChI is InChI=1S/C28H37ClN2O2S/c1-15-21-9-16-8-18(12-28(15,11-16)26(32)33)24(21)30-25(34)27(2,3)31-13-19-10-22(23(19)14-31)17-4-6-20(29)7-5-17/h4-7,15-16,18-19,21-24H,8-14H2,1-3H3,(H,30,34)(H,32,33)/t15?,16?,18?,19-,21?,22-,23+,24?,28?/m0/s1. The van der Waals surface area contributed by atoms with Crippen LogP contribution in [0, 0.1) is 40.9 Å². The number of benzene rings is 1. The molecule has 5 saturated carbocycles. The van der Waals surface area contributed by atoms with Crippen LogP contribution < -0.4 is 5.32 Å². The number of carbonyl (C=O) groups is 1. The number of likely N-dealkylation sites (tertiary alicyclic amines) is 1. The van der Waals surface area contributed by atoms with Crippen molar-refractivity contribution >= 4 is 34.8 Å². The Morgan fingerprint density at radius 2 is 1.85 bits per heavy atom. The van der Waals surface area contributed by atoms with Crippen molar-refractivity contribution in [1.29, 1.82) is 0 Å². The molecule has 0 amide bonds. The van der Waals surface area contributed by atoms with E-state index in [1.165, 1.54) is 12.0 Å². The molecule has 9 atom stereocenters. The number of carboxylic acid groups (broad SMARTS) is 1. The average molecular weight is 501 g/mol. The molecule has 6 heteroatoms. The lowest BCUT2D eigenvalue weighted by Crippen LogP contribution is -2.66. The van der Waals surface area contributed by atoms with Crippen molar-refractivity contribution in [2.24, 2.45) is 40.9 Å². The Morgan fingerprint density at radius 3 is 2.56 bits per heavy atom. The zero-order valence-electron chi connectivity index (χ0n) is 20.5. The SMILES string of the molecule is CC1C2CC3CC(CC1(C(=O)O)C3)C2NC(=S)C(C)(C)N1C[C@@H]2C[C@@H](c3ccc(Cl)cc3)[C@@H]2C1. The lowest BCUT2D eigenvalue weighted by Gasteiger charge is -2.62. The van der Waals surface area contributed by atoms with E-state index in [2.05, 4.69) is 43.1 Å². The average Bonchev–Trinajstić information content (AvgIpc) is 3.12. The van der Waals surface area contributed by atoms with E-state index in [1.807, 2.05) is 12.1 Å². The molecule has 2 N–H and O–H groups in total. The van der Waals surface area contributed by atoms with E-state index < -0.39 is 11.4 Å². The Bertz CT molecular complexity index is 1010. The van der Waals surface area contributed by atoms with Crippen molar-refractivity contribution < 1.29 is 9.90 Å². The monoisotopic (exact) mass is 500 g/mol. The minimum absolute atomic E-state index is 0.195. The van der Waals surface area contributed by atoms with Gasteiger partial charge < -0.3 is 10.4 Å². The summed E-state index contributed by atoms with van der Waals surface area (Å²) in [4.78, 5) is 15.8. The van der Waals surface area contributed by atoms with Gasteiger partial charge in [0.1, 0.15) is 0 Å². The molecule has 34 heavy (non-hydrogen) atoms. The van der Waals surface area contributed by atoms with Gasteiger partial charge in [0, 0.05) is 24.2 Å². The minimum atomic E-state index is -0.566. The number of thiocarbonyl (C=S) groups is 1. The highest BCUT2D eigenvalue weighted by molar-refractivity contribution is 7.80. The smallest absolute Gasteiger partial charge is 0.309 e. The van der Waals surface area contributed by atoms with E-state index >= 15 is 0 Å². The predicted molar refractivity (Wildman–Crippen MR) is 139 cm³/mol. The Kier molecular flexibility index (Phi) is 5.41. The van der Waals surface area contributed by atoms with E-state index in [9.17, 15) is 9.90 Å². The van der Waals surface area contributed by atoms with Crippen LogP contribution in [0.25, 0.3) is 0 Å². The third-order valence-electron chi connectivity index (χ3n) is 10.9. The van der Waals surface area contributed by atoms with Gasteiger partial charge in [-0.05, 0) is 105 Å². The Morgan fingerprint density at radius 1 is 1.12 bits per heavy atom. The molecule has 1 aromatic rings. The maximum Gasteiger partial charge on any atom is 0.309 e. The number of hydrogen-bond acceptors (Lipinski definition) is 3. The second-order valence-corrected chi connectivity index (χ2v) is 13.5. The number of hydrogen-bond donors (Lipinski definition) is 2. The van der Waals surface area contributed by atoms with Crippen molar-refractivity contribution in [3.05, 3.63) is 34.9 Å². The number of fused-ring (bicyclic) bond motifs is 1. The minimum Gasteiger partial charge on any atom is -0.481 e. The van der Waals surface area contributed by atoms with Gasteiger partial charge in [0.05, 0.1) is 15.9 Å². The van der Waals surface area contributed by atoms with Gasteiger partial charge in [0.25, 0.3) is 0 Å². The van der Waals surface area contributed by atoms with Gasteiger partial charge in [0.15, 0.2) is 0 Å². The third-order valence-corrected chi connectivity index (χ3v) is 11.8. The Labute approximate surface area is 213 Å².